The second-order valence-electron chi connectivity index (χ2n) is 5.85. The molecule has 0 N–H and O–H groups in total. The number of hydrogen-bond acceptors (Lipinski definition) is 2. The zero-order chi connectivity index (χ0) is 15.3. The molecule has 2 aromatic heterocycles. The average Bonchev–Trinajstić information content (AvgIpc) is 3.01. The fraction of sp³-hybridized carbons (Fsp3) is 0.278. The molecule has 0 bridgehead atoms. The minimum absolute atomic E-state index is 0.300. The first-order valence-corrected chi connectivity index (χ1v) is 7.57. The fourth-order valence-corrected chi connectivity index (χ4v) is 3.49. The summed E-state index contributed by atoms with van der Waals surface area (Å²) in [5.41, 5.74) is 6.77. The van der Waals surface area contributed by atoms with Crippen LogP contribution in [0.3, 0.4) is 0 Å². The van der Waals surface area contributed by atoms with Gasteiger partial charge in [0.25, 0.3) is 0 Å². The summed E-state index contributed by atoms with van der Waals surface area (Å²) < 4.78 is 14.9. The molecule has 0 spiro atoms. The fourth-order valence-electron chi connectivity index (χ4n) is 3.49. The van der Waals surface area contributed by atoms with E-state index in [1.807, 2.05) is 12.3 Å². The summed E-state index contributed by atoms with van der Waals surface area (Å²) in [6.45, 7) is 5.40. The van der Waals surface area contributed by atoms with E-state index in [2.05, 4.69) is 46.3 Å². The van der Waals surface area contributed by atoms with Crippen LogP contribution < -0.4 is 0 Å². The van der Waals surface area contributed by atoms with Gasteiger partial charge in [-0.05, 0) is 30.2 Å². The molecule has 3 heterocycles. The van der Waals surface area contributed by atoms with Gasteiger partial charge in [-0.2, -0.15) is 0 Å². The summed E-state index contributed by atoms with van der Waals surface area (Å²) in [5, 5.41) is 1.19. The number of nitrogens with zero attached hydrogens (tertiary/aromatic N) is 3. The molecule has 4 heteroatoms. The predicted octanol–water partition coefficient (Wildman–Crippen LogP) is 3.97. The Morgan fingerprint density at radius 3 is 2.95 bits per heavy atom. The molecule has 4 rings (SSSR count). The Morgan fingerprint density at radius 1 is 1.27 bits per heavy atom. The van der Waals surface area contributed by atoms with Crippen molar-refractivity contribution in [2.75, 3.05) is 13.7 Å². The molecule has 0 amide bonds. The third kappa shape index (κ3) is 1.70. The lowest BCUT2D eigenvalue weighted by atomic mass is 10.0. The Labute approximate surface area is 128 Å². The molecule has 0 aliphatic carbocycles. The van der Waals surface area contributed by atoms with Crippen molar-refractivity contribution in [3.05, 3.63) is 48.2 Å². The van der Waals surface area contributed by atoms with E-state index in [1.54, 1.807) is 0 Å². The van der Waals surface area contributed by atoms with E-state index in [0.29, 0.717) is 13.0 Å². The van der Waals surface area contributed by atoms with Crippen LogP contribution in [0.1, 0.15) is 17.5 Å². The molecule has 3 aromatic rings. The Bertz CT molecular complexity index is 894. The maximum Gasteiger partial charge on any atom is 0.0963 e. The Morgan fingerprint density at radius 2 is 2.14 bits per heavy atom. The quantitative estimate of drug-likeness (QED) is 0.729. The standard InChI is InChI=1S/C18H18FN3/c1-12-13-6-7-15-17(14(13)11-21(12)2)18-16(5-3-9-20-18)22(15)10-4-8-19/h3,5-7,9H,1,4,8,10-11H2,2H3. The first kappa shape index (κ1) is 13.3. The highest BCUT2D eigenvalue weighted by Crippen LogP contribution is 2.39. The molecule has 0 fully saturated rings. The lowest BCUT2D eigenvalue weighted by Crippen LogP contribution is -2.06. The van der Waals surface area contributed by atoms with Gasteiger partial charge in [0.2, 0.25) is 0 Å². The lowest BCUT2D eigenvalue weighted by molar-refractivity contribution is 0.452. The monoisotopic (exact) mass is 295 g/mol. The van der Waals surface area contributed by atoms with E-state index >= 15 is 0 Å². The van der Waals surface area contributed by atoms with Crippen LogP contribution in [-0.2, 0) is 13.1 Å². The molecular weight excluding hydrogens is 277 g/mol. The lowest BCUT2D eigenvalue weighted by Gasteiger charge is -2.10. The van der Waals surface area contributed by atoms with Crippen LogP contribution in [0.15, 0.2) is 37.0 Å². The van der Waals surface area contributed by atoms with Crippen LogP contribution in [0.2, 0.25) is 0 Å². The molecule has 0 unspecified atom stereocenters. The van der Waals surface area contributed by atoms with Gasteiger partial charge in [-0.3, -0.25) is 9.37 Å². The van der Waals surface area contributed by atoms with E-state index in [4.69, 9.17) is 0 Å². The zero-order valence-corrected chi connectivity index (χ0v) is 12.6. The van der Waals surface area contributed by atoms with Crippen LogP contribution >= 0.6 is 0 Å². The number of aromatic nitrogens is 2. The van der Waals surface area contributed by atoms with Crippen molar-refractivity contribution in [2.45, 2.75) is 19.5 Å². The normalized spacial score (nSPS) is 14.3. The van der Waals surface area contributed by atoms with E-state index in [1.165, 1.54) is 16.5 Å². The minimum atomic E-state index is -0.300. The summed E-state index contributed by atoms with van der Waals surface area (Å²) in [6.07, 6.45) is 2.35. The van der Waals surface area contributed by atoms with E-state index in [9.17, 15) is 4.39 Å². The smallest absolute Gasteiger partial charge is 0.0963 e. The molecular formula is C18H18FN3. The number of aryl methyl sites for hydroxylation is 1. The number of rotatable bonds is 3. The highest BCUT2D eigenvalue weighted by atomic mass is 19.1. The number of benzene rings is 1. The van der Waals surface area contributed by atoms with Crippen molar-refractivity contribution < 1.29 is 4.39 Å². The van der Waals surface area contributed by atoms with Crippen molar-refractivity contribution in [2.24, 2.45) is 0 Å². The summed E-state index contributed by atoms with van der Waals surface area (Å²) in [7, 11) is 2.06. The highest BCUT2D eigenvalue weighted by Gasteiger charge is 2.24. The molecule has 1 aliphatic rings. The van der Waals surface area contributed by atoms with Gasteiger partial charge in [0.05, 0.1) is 23.2 Å². The average molecular weight is 295 g/mol. The molecule has 0 saturated carbocycles. The molecule has 1 aromatic carbocycles. The van der Waals surface area contributed by atoms with Crippen molar-refractivity contribution in [1.82, 2.24) is 14.5 Å². The van der Waals surface area contributed by atoms with Crippen molar-refractivity contribution in [3.8, 4) is 0 Å². The summed E-state index contributed by atoms with van der Waals surface area (Å²) in [4.78, 5) is 6.77. The van der Waals surface area contributed by atoms with Gasteiger partial charge in [-0.25, -0.2) is 0 Å². The number of fused-ring (bicyclic) bond motifs is 5. The topological polar surface area (TPSA) is 21.1 Å². The molecule has 3 nitrogen and oxygen atoms in total. The summed E-state index contributed by atoms with van der Waals surface area (Å²) in [5.74, 6) is 0. The molecule has 22 heavy (non-hydrogen) atoms. The number of alkyl halides is 1. The van der Waals surface area contributed by atoms with Crippen LogP contribution in [0.4, 0.5) is 4.39 Å². The maximum absolute atomic E-state index is 12.7. The van der Waals surface area contributed by atoms with Gasteiger partial charge in [0.1, 0.15) is 0 Å². The summed E-state index contributed by atoms with van der Waals surface area (Å²) in [6, 6.07) is 8.27. The number of halogens is 1. The van der Waals surface area contributed by atoms with Crippen LogP contribution in [0, 0.1) is 0 Å². The molecule has 1 aliphatic heterocycles. The van der Waals surface area contributed by atoms with E-state index in [-0.39, 0.29) is 6.67 Å². The van der Waals surface area contributed by atoms with E-state index < -0.39 is 0 Å². The maximum atomic E-state index is 12.7. The Kier molecular flexibility index (Phi) is 2.93. The van der Waals surface area contributed by atoms with Gasteiger partial charge < -0.3 is 9.47 Å². The van der Waals surface area contributed by atoms with Crippen molar-refractivity contribution >= 4 is 27.6 Å². The largest absolute Gasteiger partial charge is 0.370 e. The highest BCUT2D eigenvalue weighted by molar-refractivity contribution is 6.09. The van der Waals surface area contributed by atoms with Crippen LogP contribution in [0.25, 0.3) is 27.6 Å². The molecule has 0 saturated heterocycles. The van der Waals surface area contributed by atoms with Crippen LogP contribution in [-0.4, -0.2) is 28.2 Å². The predicted molar refractivity (Wildman–Crippen MR) is 88.3 cm³/mol. The first-order valence-electron chi connectivity index (χ1n) is 7.57. The second kappa shape index (κ2) is 4.83. The second-order valence-corrected chi connectivity index (χ2v) is 5.85. The first-order chi connectivity index (χ1) is 10.7. The Balaban J connectivity index is 2.08. The van der Waals surface area contributed by atoms with E-state index in [0.717, 1.165) is 28.8 Å². The minimum Gasteiger partial charge on any atom is -0.370 e. The van der Waals surface area contributed by atoms with Crippen LogP contribution in [0.5, 0.6) is 0 Å². The SMILES string of the molecule is C=C1c2ccc3c(c2CN1C)c1ncccc1n3CCCF. The molecule has 112 valence electrons. The zero-order valence-electron chi connectivity index (χ0n) is 12.6. The third-order valence-electron chi connectivity index (χ3n) is 4.58. The van der Waals surface area contributed by atoms with Gasteiger partial charge in [0, 0.05) is 43.0 Å². The molecule has 0 radical (unpaired) electrons. The molecule has 0 atom stereocenters. The van der Waals surface area contributed by atoms with Gasteiger partial charge >= 0.3 is 0 Å². The van der Waals surface area contributed by atoms with Gasteiger partial charge in [-0.1, -0.05) is 12.6 Å². The van der Waals surface area contributed by atoms with Crippen molar-refractivity contribution in [3.63, 3.8) is 0 Å². The van der Waals surface area contributed by atoms with Gasteiger partial charge in [0.15, 0.2) is 0 Å². The third-order valence-corrected chi connectivity index (χ3v) is 4.58. The number of hydrogen-bond donors (Lipinski definition) is 0. The van der Waals surface area contributed by atoms with Crippen molar-refractivity contribution in [1.29, 1.82) is 0 Å². The van der Waals surface area contributed by atoms with Gasteiger partial charge in [-0.15, -0.1) is 0 Å². The summed E-state index contributed by atoms with van der Waals surface area (Å²) >= 11 is 0. The number of pyridine rings is 1. The Hall–Kier alpha value is -2.36.